The van der Waals surface area contributed by atoms with Gasteiger partial charge in [0.25, 0.3) is 5.56 Å². The first-order valence-corrected chi connectivity index (χ1v) is 9.07. The Morgan fingerprint density at radius 2 is 2.21 bits per heavy atom. The van der Waals surface area contributed by atoms with Gasteiger partial charge in [0, 0.05) is 31.1 Å². The highest BCUT2D eigenvalue weighted by atomic mass is 35.5. The van der Waals surface area contributed by atoms with Gasteiger partial charge in [0.15, 0.2) is 5.82 Å². The molecule has 2 aromatic heterocycles. The van der Waals surface area contributed by atoms with Crippen LogP contribution >= 0.6 is 22.9 Å². The Balaban J connectivity index is 1.58. The van der Waals surface area contributed by atoms with Gasteiger partial charge in [0.2, 0.25) is 0 Å². The summed E-state index contributed by atoms with van der Waals surface area (Å²) in [5.74, 6) is 0.678. The van der Waals surface area contributed by atoms with Crippen molar-refractivity contribution in [2.24, 2.45) is 0 Å². The molecular weight excluding hydrogens is 342 g/mol. The van der Waals surface area contributed by atoms with E-state index in [0.717, 1.165) is 46.2 Å². The van der Waals surface area contributed by atoms with Crippen molar-refractivity contribution >= 4 is 22.9 Å². The normalized spacial score (nSPS) is 14.5. The zero-order chi connectivity index (χ0) is 16.5. The van der Waals surface area contributed by atoms with Gasteiger partial charge in [-0.3, -0.25) is 9.69 Å². The van der Waals surface area contributed by atoms with E-state index in [-0.39, 0.29) is 5.56 Å². The molecule has 1 aliphatic rings. The molecule has 6 heteroatoms. The number of aromatic amines is 1. The fraction of sp³-hybridized carbons (Fsp3) is 0.222. The summed E-state index contributed by atoms with van der Waals surface area (Å²) in [6.45, 7) is 2.29. The number of fused-ring (bicyclic) bond motifs is 1. The van der Waals surface area contributed by atoms with Crippen LogP contribution in [-0.4, -0.2) is 21.4 Å². The Morgan fingerprint density at radius 3 is 3.00 bits per heavy atom. The molecule has 0 atom stereocenters. The number of hydrogen-bond donors (Lipinski definition) is 1. The fourth-order valence-corrected chi connectivity index (χ4v) is 3.92. The molecule has 0 spiro atoms. The second-order valence-corrected chi connectivity index (χ2v) is 7.29. The van der Waals surface area contributed by atoms with Gasteiger partial charge < -0.3 is 4.98 Å². The van der Waals surface area contributed by atoms with Gasteiger partial charge in [-0.25, -0.2) is 4.98 Å². The minimum atomic E-state index is -0.0285. The number of benzene rings is 1. The number of nitrogens with zero attached hydrogens (tertiary/aromatic N) is 2. The average molecular weight is 358 g/mol. The van der Waals surface area contributed by atoms with E-state index in [1.54, 1.807) is 11.3 Å². The molecule has 1 N–H and O–H groups in total. The van der Waals surface area contributed by atoms with E-state index >= 15 is 0 Å². The maximum absolute atomic E-state index is 12.5. The van der Waals surface area contributed by atoms with Crippen LogP contribution in [0.3, 0.4) is 0 Å². The number of H-pyrrole nitrogens is 1. The minimum absolute atomic E-state index is 0.0285. The predicted octanol–water partition coefficient (Wildman–Crippen LogP) is 3.71. The van der Waals surface area contributed by atoms with Gasteiger partial charge in [0.1, 0.15) is 0 Å². The number of rotatable bonds is 3. The molecule has 0 bridgehead atoms. The summed E-state index contributed by atoms with van der Waals surface area (Å²) in [5.41, 5.74) is 2.83. The van der Waals surface area contributed by atoms with Crippen molar-refractivity contribution in [3.63, 3.8) is 0 Å². The standard InChI is InChI=1S/C18H16ClN3OS/c19-13-4-1-3-12(9-13)10-22-7-6-15-14(11-22)18(23)21-17(20-15)16-5-2-8-24-16/h1-5,8-9H,6-7,10-11H2,(H,20,21,23). The van der Waals surface area contributed by atoms with Crippen molar-refractivity contribution in [1.82, 2.24) is 14.9 Å². The topological polar surface area (TPSA) is 49.0 Å². The molecule has 1 aliphatic heterocycles. The third kappa shape index (κ3) is 3.15. The second-order valence-electron chi connectivity index (χ2n) is 5.91. The lowest BCUT2D eigenvalue weighted by atomic mass is 10.1. The quantitative estimate of drug-likeness (QED) is 0.777. The predicted molar refractivity (Wildman–Crippen MR) is 97.4 cm³/mol. The number of halogens is 1. The molecule has 0 radical (unpaired) electrons. The van der Waals surface area contributed by atoms with E-state index in [0.29, 0.717) is 12.4 Å². The van der Waals surface area contributed by atoms with Crippen LogP contribution in [0.2, 0.25) is 5.02 Å². The SMILES string of the molecule is O=c1[nH]c(-c2cccs2)nc2c1CN(Cc1cccc(Cl)c1)CC2. The summed E-state index contributed by atoms with van der Waals surface area (Å²) >= 11 is 7.64. The van der Waals surface area contributed by atoms with E-state index in [1.165, 1.54) is 0 Å². The summed E-state index contributed by atoms with van der Waals surface area (Å²) in [6, 6.07) is 11.8. The van der Waals surface area contributed by atoms with E-state index in [4.69, 9.17) is 11.6 Å². The number of hydrogen-bond acceptors (Lipinski definition) is 4. The Morgan fingerprint density at radius 1 is 1.29 bits per heavy atom. The number of nitrogens with one attached hydrogen (secondary N) is 1. The molecule has 0 fully saturated rings. The van der Waals surface area contributed by atoms with E-state index in [2.05, 4.69) is 20.9 Å². The van der Waals surface area contributed by atoms with Gasteiger partial charge in [-0.1, -0.05) is 29.8 Å². The highest BCUT2D eigenvalue weighted by Gasteiger charge is 2.21. The molecule has 0 saturated carbocycles. The van der Waals surface area contributed by atoms with Crippen LogP contribution in [0, 0.1) is 0 Å². The smallest absolute Gasteiger partial charge is 0.255 e. The molecular formula is C18H16ClN3OS. The molecule has 1 aromatic carbocycles. The molecule has 0 amide bonds. The minimum Gasteiger partial charge on any atom is -0.306 e. The first kappa shape index (κ1) is 15.6. The Labute approximate surface area is 148 Å². The third-order valence-corrected chi connectivity index (χ3v) is 5.31. The van der Waals surface area contributed by atoms with Gasteiger partial charge in [-0.2, -0.15) is 0 Å². The summed E-state index contributed by atoms with van der Waals surface area (Å²) in [4.78, 5) is 23.4. The molecule has 3 aromatic rings. The van der Waals surface area contributed by atoms with Crippen LogP contribution < -0.4 is 5.56 Å². The molecule has 24 heavy (non-hydrogen) atoms. The first-order valence-electron chi connectivity index (χ1n) is 7.82. The third-order valence-electron chi connectivity index (χ3n) is 4.20. The maximum Gasteiger partial charge on any atom is 0.255 e. The molecule has 4 nitrogen and oxygen atoms in total. The first-order chi connectivity index (χ1) is 11.7. The monoisotopic (exact) mass is 357 g/mol. The summed E-state index contributed by atoms with van der Waals surface area (Å²) in [5, 5.41) is 2.73. The van der Waals surface area contributed by atoms with Crippen molar-refractivity contribution in [1.29, 1.82) is 0 Å². The lowest BCUT2D eigenvalue weighted by Gasteiger charge is -2.27. The van der Waals surface area contributed by atoms with Crippen molar-refractivity contribution in [2.75, 3.05) is 6.54 Å². The van der Waals surface area contributed by atoms with Crippen molar-refractivity contribution < 1.29 is 0 Å². The van der Waals surface area contributed by atoms with Crippen LogP contribution in [0.4, 0.5) is 0 Å². The largest absolute Gasteiger partial charge is 0.306 e. The van der Waals surface area contributed by atoms with Crippen LogP contribution in [0.25, 0.3) is 10.7 Å². The number of aromatic nitrogens is 2. The van der Waals surface area contributed by atoms with Gasteiger partial charge in [-0.15, -0.1) is 11.3 Å². The van der Waals surface area contributed by atoms with Gasteiger partial charge in [-0.05, 0) is 29.1 Å². The molecule has 3 heterocycles. The zero-order valence-electron chi connectivity index (χ0n) is 13.0. The molecule has 0 saturated heterocycles. The van der Waals surface area contributed by atoms with Crippen LogP contribution in [0.5, 0.6) is 0 Å². The van der Waals surface area contributed by atoms with Crippen molar-refractivity contribution in [2.45, 2.75) is 19.5 Å². The maximum atomic E-state index is 12.5. The lowest BCUT2D eigenvalue weighted by molar-refractivity contribution is 0.242. The fourth-order valence-electron chi connectivity index (χ4n) is 3.04. The van der Waals surface area contributed by atoms with Crippen LogP contribution in [0.1, 0.15) is 16.8 Å². The Hall–Kier alpha value is -1.95. The lowest BCUT2D eigenvalue weighted by Crippen LogP contribution is -2.35. The Kier molecular flexibility index (Phi) is 4.22. The van der Waals surface area contributed by atoms with E-state index < -0.39 is 0 Å². The number of thiophene rings is 1. The van der Waals surface area contributed by atoms with Gasteiger partial charge in [0.05, 0.1) is 16.1 Å². The summed E-state index contributed by atoms with van der Waals surface area (Å²) in [7, 11) is 0. The highest BCUT2D eigenvalue weighted by Crippen LogP contribution is 2.23. The van der Waals surface area contributed by atoms with Crippen molar-refractivity contribution in [3.8, 4) is 10.7 Å². The average Bonchev–Trinajstić information content (AvgIpc) is 3.10. The summed E-state index contributed by atoms with van der Waals surface area (Å²) in [6.07, 6.45) is 0.790. The summed E-state index contributed by atoms with van der Waals surface area (Å²) < 4.78 is 0. The molecule has 0 aliphatic carbocycles. The molecule has 122 valence electrons. The molecule has 0 unspecified atom stereocenters. The van der Waals surface area contributed by atoms with E-state index in [9.17, 15) is 4.79 Å². The second kappa shape index (κ2) is 6.51. The Bertz CT molecular complexity index is 920. The van der Waals surface area contributed by atoms with Crippen molar-refractivity contribution in [3.05, 3.63) is 74.0 Å². The van der Waals surface area contributed by atoms with E-state index in [1.807, 2.05) is 35.7 Å². The highest BCUT2D eigenvalue weighted by molar-refractivity contribution is 7.13. The zero-order valence-corrected chi connectivity index (χ0v) is 14.5. The molecule has 4 rings (SSSR count). The van der Waals surface area contributed by atoms with Gasteiger partial charge >= 0.3 is 0 Å². The van der Waals surface area contributed by atoms with Crippen LogP contribution in [0.15, 0.2) is 46.6 Å². The van der Waals surface area contributed by atoms with Crippen LogP contribution in [-0.2, 0) is 19.5 Å².